The maximum atomic E-state index is 11.7. The summed E-state index contributed by atoms with van der Waals surface area (Å²) in [5.74, 6) is 0.129. The molecule has 0 aliphatic heterocycles. The summed E-state index contributed by atoms with van der Waals surface area (Å²) in [5.41, 5.74) is 3.89. The van der Waals surface area contributed by atoms with Gasteiger partial charge in [-0.2, -0.15) is 0 Å². The Kier molecular flexibility index (Phi) is 3.21. The minimum absolute atomic E-state index is 0.129. The summed E-state index contributed by atoms with van der Waals surface area (Å²) in [7, 11) is 0. The predicted molar refractivity (Wildman–Crippen MR) is 79.4 cm³/mol. The van der Waals surface area contributed by atoms with Crippen LogP contribution < -0.4 is 0 Å². The number of benzene rings is 1. The van der Waals surface area contributed by atoms with Crippen LogP contribution >= 0.6 is 15.9 Å². The summed E-state index contributed by atoms with van der Waals surface area (Å²) in [5, 5.41) is 0. The van der Waals surface area contributed by atoms with E-state index in [0.717, 1.165) is 10.0 Å². The Morgan fingerprint density at radius 3 is 1.94 bits per heavy atom. The third-order valence-corrected chi connectivity index (χ3v) is 4.98. The molecule has 0 saturated carbocycles. The monoisotopic (exact) mass is 308 g/mol. The van der Waals surface area contributed by atoms with Crippen molar-refractivity contribution in [3.05, 3.63) is 33.3 Å². The fourth-order valence-corrected chi connectivity index (χ4v) is 3.48. The molecule has 0 spiro atoms. The van der Waals surface area contributed by atoms with E-state index in [-0.39, 0.29) is 16.6 Å². The van der Waals surface area contributed by atoms with Gasteiger partial charge in [0.2, 0.25) is 0 Å². The van der Waals surface area contributed by atoms with Crippen LogP contribution in [0, 0.1) is 0 Å². The normalized spacial score (nSPS) is 20.3. The topological polar surface area (TPSA) is 17.1 Å². The van der Waals surface area contributed by atoms with Crippen LogP contribution in [-0.4, -0.2) is 5.78 Å². The highest BCUT2D eigenvalue weighted by Crippen LogP contribution is 2.47. The molecular weight excluding hydrogens is 288 g/mol. The van der Waals surface area contributed by atoms with Gasteiger partial charge in [0.15, 0.2) is 5.78 Å². The Morgan fingerprint density at radius 1 is 1.06 bits per heavy atom. The van der Waals surface area contributed by atoms with Crippen LogP contribution in [0.1, 0.15) is 68.9 Å². The number of halogens is 1. The van der Waals surface area contributed by atoms with Crippen LogP contribution in [0.25, 0.3) is 0 Å². The third-order valence-electron chi connectivity index (χ3n) is 4.32. The largest absolute Gasteiger partial charge is 0.294 e. The lowest BCUT2D eigenvalue weighted by Crippen LogP contribution is -2.34. The van der Waals surface area contributed by atoms with Gasteiger partial charge in [-0.25, -0.2) is 0 Å². The fourth-order valence-electron chi connectivity index (χ4n) is 2.86. The Balaban J connectivity index is 2.73. The Bertz CT molecular complexity index is 512. The molecule has 0 radical (unpaired) electrons. The maximum Gasteiger partial charge on any atom is 0.160 e. The zero-order valence-electron chi connectivity index (χ0n) is 11.9. The van der Waals surface area contributed by atoms with Crippen LogP contribution in [0.3, 0.4) is 0 Å². The highest BCUT2D eigenvalue weighted by Gasteiger charge is 2.37. The maximum absolute atomic E-state index is 11.7. The smallest absolute Gasteiger partial charge is 0.160 e. The van der Waals surface area contributed by atoms with E-state index in [1.807, 2.05) is 0 Å². The van der Waals surface area contributed by atoms with Crippen molar-refractivity contribution in [1.82, 2.24) is 0 Å². The van der Waals surface area contributed by atoms with Crippen LogP contribution in [-0.2, 0) is 10.8 Å². The summed E-state index contributed by atoms with van der Waals surface area (Å²) in [6.45, 7) is 10.8. The zero-order chi connectivity index (χ0) is 13.7. The third kappa shape index (κ3) is 2.16. The van der Waals surface area contributed by atoms with Crippen molar-refractivity contribution in [3.63, 3.8) is 0 Å². The number of rotatable bonds is 1. The molecule has 18 heavy (non-hydrogen) atoms. The van der Waals surface area contributed by atoms with E-state index in [4.69, 9.17) is 0 Å². The SMILES string of the molecule is CC(=O)c1cc2c(cc1Br)C(C)(C)CCC2(C)C. The van der Waals surface area contributed by atoms with Crippen LogP contribution in [0.2, 0.25) is 0 Å². The standard InChI is InChI=1S/C16H21BrO/c1-10(18)11-8-12-13(9-14(11)17)16(4,5)7-6-15(12,2)3/h8-9H,6-7H2,1-5H3. The molecule has 0 bridgehead atoms. The number of carbonyl (C=O) groups is 1. The molecule has 1 aromatic rings. The molecule has 0 heterocycles. The lowest BCUT2D eigenvalue weighted by atomic mass is 9.63. The first-order chi connectivity index (χ1) is 8.15. The van der Waals surface area contributed by atoms with Gasteiger partial charge in [0.1, 0.15) is 0 Å². The van der Waals surface area contributed by atoms with E-state index in [1.54, 1.807) is 6.92 Å². The Morgan fingerprint density at radius 2 is 1.50 bits per heavy atom. The van der Waals surface area contributed by atoms with Crippen molar-refractivity contribution in [2.24, 2.45) is 0 Å². The van der Waals surface area contributed by atoms with Gasteiger partial charge in [-0.15, -0.1) is 0 Å². The Hall–Kier alpha value is -0.630. The van der Waals surface area contributed by atoms with Gasteiger partial charge in [-0.05, 0) is 53.9 Å². The molecular formula is C16H21BrO. The summed E-state index contributed by atoms with van der Waals surface area (Å²) in [4.78, 5) is 11.7. The number of hydrogen-bond acceptors (Lipinski definition) is 1. The summed E-state index contributed by atoms with van der Waals surface area (Å²) >= 11 is 3.54. The minimum atomic E-state index is 0.129. The quantitative estimate of drug-likeness (QED) is 0.667. The molecule has 2 heteroatoms. The van der Waals surface area contributed by atoms with Crippen molar-refractivity contribution >= 4 is 21.7 Å². The molecule has 1 aliphatic carbocycles. The second kappa shape index (κ2) is 4.19. The van der Waals surface area contributed by atoms with E-state index in [1.165, 1.54) is 24.0 Å². The van der Waals surface area contributed by atoms with Crippen molar-refractivity contribution in [2.75, 3.05) is 0 Å². The molecule has 2 rings (SSSR count). The van der Waals surface area contributed by atoms with Gasteiger partial charge >= 0.3 is 0 Å². The highest BCUT2D eigenvalue weighted by molar-refractivity contribution is 9.10. The van der Waals surface area contributed by atoms with Crippen molar-refractivity contribution in [2.45, 2.75) is 58.3 Å². The molecule has 1 aromatic carbocycles. The van der Waals surface area contributed by atoms with E-state index in [2.05, 4.69) is 55.8 Å². The van der Waals surface area contributed by atoms with Crippen LogP contribution in [0.4, 0.5) is 0 Å². The van der Waals surface area contributed by atoms with E-state index in [0.29, 0.717) is 0 Å². The molecule has 0 atom stereocenters. The molecule has 98 valence electrons. The molecule has 1 aliphatic rings. The molecule has 0 fully saturated rings. The van der Waals surface area contributed by atoms with Crippen LogP contribution in [0.15, 0.2) is 16.6 Å². The first-order valence-electron chi connectivity index (χ1n) is 6.50. The lowest BCUT2D eigenvalue weighted by molar-refractivity contribution is 0.101. The molecule has 1 nitrogen and oxygen atoms in total. The Labute approximate surface area is 118 Å². The molecule has 0 N–H and O–H groups in total. The number of fused-ring (bicyclic) bond motifs is 1. The van der Waals surface area contributed by atoms with Crippen molar-refractivity contribution < 1.29 is 4.79 Å². The second-order valence-electron chi connectivity index (χ2n) is 6.70. The fraction of sp³-hybridized carbons (Fsp3) is 0.562. The summed E-state index contributed by atoms with van der Waals surface area (Å²) < 4.78 is 0.930. The zero-order valence-corrected chi connectivity index (χ0v) is 13.4. The van der Waals surface area contributed by atoms with Crippen molar-refractivity contribution in [3.8, 4) is 0 Å². The van der Waals surface area contributed by atoms with Gasteiger partial charge < -0.3 is 0 Å². The van der Waals surface area contributed by atoms with Gasteiger partial charge in [0.05, 0.1) is 0 Å². The number of Topliss-reactive ketones (excluding diaryl/α,β-unsaturated/α-hetero) is 1. The average molecular weight is 309 g/mol. The summed E-state index contributed by atoms with van der Waals surface area (Å²) in [6, 6.07) is 4.26. The molecule has 0 saturated heterocycles. The average Bonchev–Trinajstić information content (AvgIpc) is 2.24. The summed E-state index contributed by atoms with van der Waals surface area (Å²) in [6.07, 6.45) is 2.37. The predicted octanol–water partition coefficient (Wildman–Crippen LogP) is 5.00. The highest BCUT2D eigenvalue weighted by atomic mass is 79.9. The van der Waals surface area contributed by atoms with E-state index >= 15 is 0 Å². The number of hydrogen-bond donors (Lipinski definition) is 0. The molecule has 0 amide bonds. The number of ketones is 1. The van der Waals surface area contributed by atoms with Crippen molar-refractivity contribution in [1.29, 1.82) is 0 Å². The van der Waals surface area contributed by atoms with Gasteiger partial charge in [-0.1, -0.05) is 43.6 Å². The van der Waals surface area contributed by atoms with Crippen LogP contribution in [0.5, 0.6) is 0 Å². The number of carbonyl (C=O) groups excluding carboxylic acids is 1. The van der Waals surface area contributed by atoms with Gasteiger partial charge in [-0.3, -0.25) is 4.79 Å². The van der Waals surface area contributed by atoms with Gasteiger partial charge in [0, 0.05) is 10.0 Å². The lowest BCUT2D eigenvalue weighted by Gasteiger charge is -2.42. The first-order valence-corrected chi connectivity index (χ1v) is 7.30. The molecule has 0 aromatic heterocycles. The first kappa shape index (κ1) is 13.8. The van der Waals surface area contributed by atoms with E-state index < -0.39 is 0 Å². The second-order valence-corrected chi connectivity index (χ2v) is 7.56. The van der Waals surface area contributed by atoms with Gasteiger partial charge in [0.25, 0.3) is 0 Å². The minimum Gasteiger partial charge on any atom is -0.294 e. The molecule has 0 unspecified atom stereocenters. The van der Waals surface area contributed by atoms with E-state index in [9.17, 15) is 4.79 Å².